The van der Waals surface area contributed by atoms with Gasteiger partial charge in [-0.25, -0.2) is 0 Å². The summed E-state index contributed by atoms with van der Waals surface area (Å²) in [6.07, 6.45) is 112. The molecule has 0 fully saturated rings. The summed E-state index contributed by atoms with van der Waals surface area (Å²) in [5.74, 6) is 0.152. The van der Waals surface area contributed by atoms with Crippen molar-refractivity contribution in [1.29, 1.82) is 0 Å². The van der Waals surface area contributed by atoms with Crippen molar-refractivity contribution in [1.82, 2.24) is 0 Å². The van der Waals surface area contributed by atoms with Crippen LogP contribution in [0.15, 0.2) is 48.6 Å². The number of rotatable bonds is 88. The van der Waals surface area contributed by atoms with Crippen molar-refractivity contribution in [3.05, 3.63) is 61.8 Å². The van der Waals surface area contributed by atoms with Crippen LogP contribution in [0.25, 0.3) is 0 Å². The number of carbonyl (C=O) groups excluding carboxylic acids is 6. The molecule has 11 heteroatoms. The third-order valence-corrected chi connectivity index (χ3v) is 21.6. The van der Waals surface area contributed by atoms with Gasteiger partial charge in [-0.2, -0.15) is 13.2 Å². The summed E-state index contributed by atoms with van der Waals surface area (Å²) in [6, 6.07) is 0. The second-order valence-electron chi connectivity index (χ2n) is 32.9. The second-order valence-corrected chi connectivity index (χ2v) is 32.9. The van der Waals surface area contributed by atoms with Crippen molar-refractivity contribution < 1.29 is 69.4 Å². The van der Waals surface area contributed by atoms with E-state index in [4.69, 9.17) is 18.9 Å². The van der Waals surface area contributed by atoms with E-state index in [1.165, 1.54) is 295 Å². The van der Waals surface area contributed by atoms with Crippen molar-refractivity contribution in [3.8, 4) is 0 Å². The molecule has 0 radical (unpaired) electrons. The SMILES string of the molecule is CCCCC([C-]=O)CC.CCCCC([C-]=O)CC.CCCCCCCC/C=C\CCCCCCCC(=O)O[CH-]CCCCCCCOC(=O)CCCCCCC/C=C\CCCCCCCC.CCCCCCCC/C=C\CCCCCCCC(=O)O[CH-]CCCCCCCOC(=O)CCCCCCC/C=C\CCCCCCCC.[Ti+4]. The number of allylic oxidation sites excluding steroid dienone is 8. The number of hydrogen-bond donors (Lipinski definition) is 0. The van der Waals surface area contributed by atoms with E-state index >= 15 is 0 Å². The van der Waals surface area contributed by atoms with Gasteiger partial charge in [0, 0.05) is 25.7 Å². The summed E-state index contributed by atoms with van der Waals surface area (Å²) in [5.41, 5.74) is 0. The zero-order valence-electron chi connectivity index (χ0n) is 77.7. The van der Waals surface area contributed by atoms with Gasteiger partial charge in [0.2, 0.25) is 0 Å². The van der Waals surface area contributed by atoms with E-state index in [2.05, 4.69) is 90.2 Å². The van der Waals surface area contributed by atoms with Crippen LogP contribution in [0.1, 0.15) is 543 Å². The molecule has 10 nitrogen and oxygen atoms in total. The molecule has 0 N–H and O–H groups in total. The van der Waals surface area contributed by atoms with Crippen LogP contribution in [0.4, 0.5) is 0 Å². The average Bonchev–Trinajstić information content (AvgIpc) is 1.96. The topological polar surface area (TPSA) is 139 Å². The summed E-state index contributed by atoms with van der Waals surface area (Å²) in [5, 5.41) is 0. The predicted octanol–water partition coefficient (Wildman–Crippen LogP) is 33.9. The van der Waals surface area contributed by atoms with E-state index < -0.39 is 0 Å². The molecule has 672 valence electrons. The number of ether oxygens (including phenoxy) is 4. The molecule has 0 saturated heterocycles. The van der Waals surface area contributed by atoms with E-state index in [9.17, 15) is 28.8 Å². The Morgan fingerprint density at radius 2 is 0.435 bits per heavy atom. The third-order valence-electron chi connectivity index (χ3n) is 21.6. The molecule has 0 spiro atoms. The Kier molecular flexibility index (Phi) is 118. The van der Waals surface area contributed by atoms with Gasteiger partial charge in [0.25, 0.3) is 11.9 Å². The molecule has 0 saturated carbocycles. The van der Waals surface area contributed by atoms with E-state index in [0.29, 0.717) is 38.9 Å². The van der Waals surface area contributed by atoms with E-state index in [0.717, 1.165) is 167 Å². The van der Waals surface area contributed by atoms with Crippen molar-refractivity contribution in [3.63, 3.8) is 0 Å². The first-order valence-electron chi connectivity index (χ1n) is 49.8. The van der Waals surface area contributed by atoms with Gasteiger partial charge in [-0.1, -0.05) is 412 Å². The Bertz CT molecular complexity index is 1760. The van der Waals surface area contributed by atoms with Gasteiger partial charge in [-0.15, -0.1) is 24.7 Å². The smallest absolute Gasteiger partial charge is 0.637 e. The number of hydrogen-bond acceptors (Lipinski definition) is 10. The molecule has 115 heavy (non-hydrogen) atoms. The molecule has 0 bridgehead atoms. The molecule has 2 atom stereocenters. The first kappa shape index (κ1) is 120. The zero-order chi connectivity index (χ0) is 83.9. The molecular formula is C104H192O10Ti. The Hall–Kier alpha value is -3.11. The molecule has 0 aliphatic carbocycles. The third kappa shape index (κ3) is 115. The maximum atomic E-state index is 12.0. The summed E-state index contributed by atoms with van der Waals surface area (Å²) < 4.78 is 21.4. The molecule has 0 rings (SSSR count). The number of esters is 4. The van der Waals surface area contributed by atoms with Gasteiger partial charge in [-0.05, 0) is 141 Å². The molecule has 0 amide bonds. The molecule has 2 unspecified atom stereocenters. The van der Waals surface area contributed by atoms with Crippen molar-refractivity contribution in [2.24, 2.45) is 11.8 Å². The molecule has 0 aromatic heterocycles. The van der Waals surface area contributed by atoms with Crippen molar-refractivity contribution in [2.75, 3.05) is 13.2 Å². The monoisotopic (exact) mass is 1650 g/mol. The molecule has 0 heterocycles. The van der Waals surface area contributed by atoms with Crippen molar-refractivity contribution >= 4 is 36.4 Å². The van der Waals surface area contributed by atoms with Gasteiger partial charge < -0.3 is 28.5 Å². The van der Waals surface area contributed by atoms with Crippen LogP contribution in [0.2, 0.25) is 0 Å². The molecule has 0 aromatic carbocycles. The molecule has 0 aliphatic heterocycles. The standard InChI is InChI=1S/2C44H81O4.2C8H15O.Ti/c2*1-3-5-7-9-11-13-15-17-19-21-23-25-27-31-35-39-43(45)47-41-37-33-29-30-34-38-42-48-44(46)40-36-32-28-26-24-22-20-18-16-14-12-10-8-6-4-2;2*1-3-5-6-8(4-2)7-9;/h2*17-20,41H,3-16,21-40,42H2,1-2H3;2*8H,3-6H2,1-2H3;/q4*-1;+4/b2*19-17-,20-18-;;;. The Labute approximate surface area is 731 Å². The summed E-state index contributed by atoms with van der Waals surface area (Å²) in [4.78, 5) is 68.0. The van der Waals surface area contributed by atoms with Crippen LogP contribution >= 0.6 is 0 Å². The second kappa shape index (κ2) is 113. The Morgan fingerprint density at radius 1 is 0.243 bits per heavy atom. The zero-order valence-corrected chi connectivity index (χ0v) is 79.2. The van der Waals surface area contributed by atoms with Crippen LogP contribution in [-0.4, -0.2) is 49.7 Å². The van der Waals surface area contributed by atoms with Gasteiger partial charge in [0.15, 0.2) is 0 Å². The van der Waals surface area contributed by atoms with Gasteiger partial charge in [-0.3, -0.25) is 31.8 Å². The van der Waals surface area contributed by atoms with Crippen molar-refractivity contribution in [2.45, 2.75) is 543 Å². The van der Waals surface area contributed by atoms with Crippen LogP contribution in [-0.2, 0) is 69.4 Å². The van der Waals surface area contributed by atoms with E-state index in [1.54, 1.807) is 13.2 Å². The first-order chi connectivity index (χ1) is 56.1. The molecule has 0 aromatic rings. The largest absolute Gasteiger partial charge is 4.00 e. The normalized spacial score (nSPS) is 11.8. The van der Waals surface area contributed by atoms with Gasteiger partial charge in [0.05, 0.1) is 13.2 Å². The Balaban J connectivity index is -0.000000570. The summed E-state index contributed by atoms with van der Waals surface area (Å²) in [7, 11) is 0. The minimum absolute atomic E-state index is 0. The minimum atomic E-state index is -0.0868. The molecule has 0 aliphatic rings. The van der Waals surface area contributed by atoms with E-state index in [-0.39, 0.29) is 57.4 Å². The quantitative estimate of drug-likeness (QED) is 0.0144. The maximum absolute atomic E-state index is 12.0. The van der Waals surface area contributed by atoms with Crippen LogP contribution in [0.3, 0.4) is 0 Å². The van der Waals surface area contributed by atoms with Crippen LogP contribution in [0, 0.1) is 25.0 Å². The van der Waals surface area contributed by atoms with E-state index in [1.807, 2.05) is 26.4 Å². The van der Waals surface area contributed by atoms with Crippen LogP contribution in [0.5, 0.6) is 0 Å². The fourth-order valence-electron chi connectivity index (χ4n) is 13.6. The Morgan fingerprint density at radius 3 is 0.652 bits per heavy atom. The average molecular weight is 1650 g/mol. The molecular weight excluding hydrogens is 1460 g/mol. The predicted molar refractivity (Wildman–Crippen MR) is 494 cm³/mol. The first-order valence-corrected chi connectivity index (χ1v) is 49.8. The van der Waals surface area contributed by atoms with Crippen LogP contribution < -0.4 is 0 Å². The maximum Gasteiger partial charge on any atom is 4.00 e. The fourth-order valence-corrected chi connectivity index (χ4v) is 13.6. The summed E-state index contributed by atoms with van der Waals surface area (Å²) >= 11 is 0. The van der Waals surface area contributed by atoms with Gasteiger partial charge >= 0.3 is 33.7 Å². The number of carbonyl (C=O) groups is 4. The minimum Gasteiger partial charge on any atom is -0.637 e. The summed E-state index contributed by atoms with van der Waals surface area (Å²) in [6.45, 7) is 21.9. The van der Waals surface area contributed by atoms with Gasteiger partial charge in [0.1, 0.15) is 0 Å². The number of unbranched alkanes of at least 4 members (excludes halogenated alkanes) is 56. The fraction of sp³-hybridized carbons (Fsp3) is 0.846.